The summed E-state index contributed by atoms with van der Waals surface area (Å²) >= 11 is 0. The van der Waals surface area contributed by atoms with Crippen molar-refractivity contribution in [2.24, 2.45) is 0 Å². The smallest absolute Gasteiger partial charge is 0.253 e. The maximum absolute atomic E-state index is 12.6. The molecule has 3 rings (SSSR count). The number of hydrogen-bond acceptors (Lipinski definition) is 3. The molecule has 5 nitrogen and oxygen atoms in total. The third kappa shape index (κ3) is 5.09. The van der Waals surface area contributed by atoms with Crippen LogP contribution in [0.1, 0.15) is 40.7 Å². The van der Waals surface area contributed by atoms with Gasteiger partial charge in [0, 0.05) is 36.8 Å². The molecule has 0 radical (unpaired) electrons. The quantitative estimate of drug-likeness (QED) is 0.800. The Bertz CT molecular complexity index is 793. The summed E-state index contributed by atoms with van der Waals surface area (Å²) in [4.78, 5) is 26.7. The topological polar surface area (TPSA) is 75.4 Å². The Morgan fingerprint density at radius 1 is 1.07 bits per heavy atom. The monoisotopic (exact) mass is 365 g/mol. The number of anilines is 1. The Labute approximate surface area is 160 Å². The van der Waals surface area contributed by atoms with Crippen LogP contribution in [0.5, 0.6) is 0 Å². The molecule has 1 fully saturated rings. The van der Waals surface area contributed by atoms with Crippen LogP contribution in [0.2, 0.25) is 0 Å². The fourth-order valence-electron chi connectivity index (χ4n) is 3.42. The summed E-state index contributed by atoms with van der Waals surface area (Å²) < 4.78 is 0. The molecular formula is C22H27N3O2. The first-order valence-corrected chi connectivity index (χ1v) is 9.51. The van der Waals surface area contributed by atoms with Crippen LogP contribution in [0.4, 0.5) is 5.69 Å². The number of likely N-dealkylation sites (tertiary alicyclic amines) is 1. The highest BCUT2D eigenvalue weighted by molar-refractivity contribution is 5.94. The molecule has 0 spiro atoms. The molecule has 3 N–H and O–H groups in total. The van der Waals surface area contributed by atoms with Crippen LogP contribution < -0.4 is 11.1 Å². The SMILES string of the molecule is Cc1ccc(C(=O)N2CCC(NC(=O)CCc3ccccc3N)CC2)cc1. The van der Waals surface area contributed by atoms with E-state index in [0.29, 0.717) is 25.9 Å². The molecule has 0 aromatic heterocycles. The van der Waals surface area contributed by atoms with Gasteiger partial charge in [-0.2, -0.15) is 0 Å². The van der Waals surface area contributed by atoms with Gasteiger partial charge in [0.05, 0.1) is 0 Å². The first kappa shape index (κ1) is 19.0. The summed E-state index contributed by atoms with van der Waals surface area (Å²) in [6.07, 6.45) is 2.65. The molecule has 142 valence electrons. The second-order valence-corrected chi connectivity index (χ2v) is 7.20. The number of aryl methyl sites for hydroxylation is 2. The van der Waals surface area contributed by atoms with Crippen molar-refractivity contribution in [1.29, 1.82) is 0 Å². The molecule has 27 heavy (non-hydrogen) atoms. The summed E-state index contributed by atoms with van der Waals surface area (Å²) in [7, 11) is 0. The normalized spacial score (nSPS) is 14.8. The number of nitrogens with zero attached hydrogens (tertiary/aromatic N) is 1. The summed E-state index contributed by atoms with van der Waals surface area (Å²) in [5.41, 5.74) is 9.53. The minimum absolute atomic E-state index is 0.0431. The lowest BCUT2D eigenvalue weighted by Crippen LogP contribution is -2.46. The van der Waals surface area contributed by atoms with Gasteiger partial charge < -0.3 is 16.0 Å². The summed E-state index contributed by atoms with van der Waals surface area (Å²) in [5.74, 6) is 0.112. The van der Waals surface area contributed by atoms with Gasteiger partial charge in [0.1, 0.15) is 0 Å². The highest BCUT2D eigenvalue weighted by Crippen LogP contribution is 2.16. The number of amides is 2. The van der Waals surface area contributed by atoms with Crippen LogP contribution in [0.3, 0.4) is 0 Å². The zero-order valence-electron chi connectivity index (χ0n) is 15.8. The lowest BCUT2D eigenvalue weighted by atomic mass is 10.0. The molecule has 0 unspecified atom stereocenters. The summed E-state index contributed by atoms with van der Waals surface area (Å²) in [6.45, 7) is 3.35. The van der Waals surface area contributed by atoms with E-state index in [1.54, 1.807) is 0 Å². The molecule has 0 aliphatic carbocycles. The van der Waals surface area contributed by atoms with Gasteiger partial charge >= 0.3 is 0 Å². The van der Waals surface area contributed by atoms with Gasteiger partial charge in [0.25, 0.3) is 5.91 Å². The molecule has 5 heteroatoms. The van der Waals surface area contributed by atoms with Crippen LogP contribution in [0.25, 0.3) is 0 Å². The van der Waals surface area contributed by atoms with E-state index < -0.39 is 0 Å². The molecule has 0 atom stereocenters. The number of rotatable bonds is 5. The second-order valence-electron chi connectivity index (χ2n) is 7.20. The van der Waals surface area contributed by atoms with Gasteiger partial charge in [-0.15, -0.1) is 0 Å². The number of benzene rings is 2. The van der Waals surface area contributed by atoms with Crippen LogP contribution in [-0.4, -0.2) is 35.8 Å². The van der Waals surface area contributed by atoms with Crippen molar-refractivity contribution < 1.29 is 9.59 Å². The van der Waals surface area contributed by atoms with Crippen molar-refractivity contribution >= 4 is 17.5 Å². The minimum Gasteiger partial charge on any atom is -0.399 e. The van der Waals surface area contributed by atoms with E-state index in [9.17, 15) is 9.59 Å². The Morgan fingerprint density at radius 3 is 2.41 bits per heavy atom. The third-order valence-electron chi connectivity index (χ3n) is 5.12. The molecular weight excluding hydrogens is 338 g/mol. The van der Waals surface area contributed by atoms with E-state index >= 15 is 0 Å². The fourth-order valence-corrected chi connectivity index (χ4v) is 3.42. The van der Waals surface area contributed by atoms with Crippen molar-refractivity contribution in [1.82, 2.24) is 10.2 Å². The number of carbonyl (C=O) groups is 2. The lowest BCUT2D eigenvalue weighted by molar-refractivity contribution is -0.122. The van der Waals surface area contributed by atoms with Crippen molar-refractivity contribution in [3.8, 4) is 0 Å². The first-order chi connectivity index (χ1) is 13.0. The number of nitrogens with one attached hydrogen (secondary N) is 1. The number of carbonyl (C=O) groups excluding carboxylic acids is 2. The van der Waals surface area contributed by atoms with Gasteiger partial charge in [-0.25, -0.2) is 0 Å². The van der Waals surface area contributed by atoms with Gasteiger partial charge in [0.15, 0.2) is 0 Å². The fraction of sp³-hybridized carbons (Fsp3) is 0.364. The Kier molecular flexibility index (Phi) is 6.12. The van der Waals surface area contributed by atoms with Crippen LogP contribution in [-0.2, 0) is 11.2 Å². The molecule has 1 saturated heterocycles. The molecule has 1 aliphatic heterocycles. The van der Waals surface area contributed by atoms with E-state index in [2.05, 4.69) is 5.32 Å². The number of piperidine rings is 1. The average molecular weight is 365 g/mol. The molecule has 0 saturated carbocycles. The molecule has 0 bridgehead atoms. The van der Waals surface area contributed by atoms with E-state index in [1.807, 2.05) is 60.4 Å². The molecule has 2 amide bonds. The predicted molar refractivity (Wildman–Crippen MR) is 107 cm³/mol. The minimum atomic E-state index is 0.0431. The molecule has 1 heterocycles. The number of nitrogen functional groups attached to an aromatic ring is 1. The zero-order chi connectivity index (χ0) is 19.2. The Morgan fingerprint density at radius 2 is 1.74 bits per heavy atom. The molecule has 2 aromatic carbocycles. The van der Waals surface area contributed by atoms with E-state index in [-0.39, 0.29) is 17.9 Å². The van der Waals surface area contributed by atoms with Crippen LogP contribution in [0, 0.1) is 6.92 Å². The Hall–Kier alpha value is -2.82. The van der Waals surface area contributed by atoms with Gasteiger partial charge in [-0.05, 0) is 49.9 Å². The second kappa shape index (κ2) is 8.71. The Balaban J connectivity index is 1.43. The van der Waals surface area contributed by atoms with Crippen LogP contribution in [0.15, 0.2) is 48.5 Å². The zero-order valence-corrected chi connectivity index (χ0v) is 15.8. The van der Waals surface area contributed by atoms with E-state index in [0.717, 1.165) is 35.2 Å². The maximum Gasteiger partial charge on any atom is 0.253 e. The van der Waals surface area contributed by atoms with Gasteiger partial charge in [-0.1, -0.05) is 35.9 Å². The summed E-state index contributed by atoms with van der Waals surface area (Å²) in [6, 6.07) is 15.4. The molecule has 2 aromatic rings. The third-order valence-corrected chi connectivity index (χ3v) is 5.12. The first-order valence-electron chi connectivity index (χ1n) is 9.51. The van der Waals surface area contributed by atoms with E-state index in [1.165, 1.54) is 0 Å². The average Bonchev–Trinajstić information content (AvgIpc) is 2.68. The largest absolute Gasteiger partial charge is 0.399 e. The van der Waals surface area contributed by atoms with Crippen molar-refractivity contribution in [3.63, 3.8) is 0 Å². The molecule has 1 aliphatic rings. The lowest BCUT2D eigenvalue weighted by Gasteiger charge is -2.32. The number of nitrogens with two attached hydrogens (primary N) is 1. The highest BCUT2D eigenvalue weighted by Gasteiger charge is 2.24. The number of hydrogen-bond donors (Lipinski definition) is 2. The van der Waals surface area contributed by atoms with Crippen molar-refractivity contribution in [2.75, 3.05) is 18.8 Å². The highest BCUT2D eigenvalue weighted by atomic mass is 16.2. The number of para-hydroxylation sites is 1. The van der Waals surface area contributed by atoms with Gasteiger partial charge in [-0.3, -0.25) is 9.59 Å². The maximum atomic E-state index is 12.6. The van der Waals surface area contributed by atoms with Crippen molar-refractivity contribution in [3.05, 3.63) is 65.2 Å². The predicted octanol–water partition coefficient (Wildman–Crippen LogP) is 2.93. The van der Waals surface area contributed by atoms with Crippen molar-refractivity contribution in [2.45, 2.75) is 38.6 Å². The standard InChI is InChI=1S/C22H27N3O2/c1-16-6-8-18(9-7-16)22(27)25-14-12-19(13-15-25)24-21(26)11-10-17-4-2-3-5-20(17)23/h2-9,19H,10-15,23H2,1H3,(H,24,26). The summed E-state index contributed by atoms with van der Waals surface area (Å²) in [5, 5.41) is 3.10. The van der Waals surface area contributed by atoms with Crippen LogP contribution >= 0.6 is 0 Å². The van der Waals surface area contributed by atoms with E-state index in [4.69, 9.17) is 5.73 Å². The van der Waals surface area contributed by atoms with Gasteiger partial charge in [0.2, 0.25) is 5.91 Å².